The Morgan fingerprint density at radius 2 is 1.71 bits per heavy atom. The smallest absolute Gasteiger partial charge is 0.162 e. The lowest BCUT2D eigenvalue weighted by Crippen LogP contribution is -1.97. The standard InChI is InChI=1S/C19H17N3O2/c1-10-5-4-6-11-17-12-7-15(23-2)16(24-3)8-14(12)21-9-13(17)19(20)22-18(10)11/h4-9H,1-3H3,(H2,20,22). The van der Waals surface area contributed by atoms with Crippen LogP contribution in [0.1, 0.15) is 5.56 Å². The van der Waals surface area contributed by atoms with E-state index in [2.05, 4.69) is 16.0 Å². The van der Waals surface area contributed by atoms with Crippen molar-refractivity contribution in [3.05, 3.63) is 42.1 Å². The number of benzene rings is 2. The molecule has 5 heteroatoms. The quantitative estimate of drug-likeness (QED) is 0.568. The van der Waals surface area contributed by atoms with Crippen molar-refractivity contribution in [1.29, 1.82) is 0 Å². The van der Waals surface area contributed by atoms with Gasteiger partial charge in [-0.25, -0.2) is 4.98 Å². The summed E-state index contributed by atoms with van der Waals surface area (Å²) in [4.78, 5) is 9.10. The van der Waals surface area contributed by atoms with E-state index in [1.165, 1.54) is 0 Å². The van der Waals surface area contributed by atoms with Gasteiger partial charge in [0.1, 0.15) is 5.82 Å². The van der Waals surface area contributed by atoms with E-state index < -0.39 is 0 Å². The summed E-state index contributed by atoms with van der Waals surface area (Å²) in [5.41, 5.74) is 9.03. The molecule has 0 spiro atoms. The molecule has 0 radical (unpaired) electrons. The van der Waals surface area contributed by atoms with Crippen molar-refractivity contribution in [2.75, 3.05) is 20.0 Å². The lowest BCUT2D eigenvalue weighted by molar-refractivity contribution is 0.356. The molecule has 0 aliphatic heterocycles. The summed E-state index contributed by atoms with van der Waals surface area (Å²) in [5.74, 6) is 1.80. The number of rotatable bonds is 2. The van der Waals surface area contributed by atoms with Gasteiger partial charge in [0.15, 0.2) is 11.5 Å². The number of aromatic nitrogens is 2. The Labute approximate surface area is 139 Å². The molecule has 0 aliphatic rings. The zero-order valence-electron chi connectivity index (χ0n) is 13.8. The van der Waals surface area contributed by atoms with E-state index in [0.29, 0.717) is 17.3 Å². The number of ether oxygens (including phenoxy) is 2. The third kappa shape index (κ3) is 1.94. The molecule has 0 saturated heterocycles. The summed E-state index contributed by atoms with van der Waals surface area (Å²) >= 11 is 0. The van der Waals surface area contributed by atoms with Crippen molar-refractivity contribution < 1.29 is 9.47 Å². The fraction of sp³-hybridized carbons (Fsp3) is 0.158. The second-order valence-corrected chi connectivity index (χ2v) is 5.74. The number of hydrogen-bond donors (Lipinski definition) is 1. The Balaban J connectivity index is 2.28. The normalized spacial score (nSPS) is 11.3. The fourth-order valence-electron chi connectivity index (χ4n) is 3.19. The van der Waals surface area contributed by atoms with Crippen molar-refractivity contribution >= 4 is 38.4 Å². The third-order valence-corrected chi connectivity index (χ3v) is 4.39. The van der Waals surface area contributed by atoms with Gasteiger partial charge in [0.25, 0.3) is 0 Å². The number of nitrogens with two attached hydrogens (primary N) is 1. The number of nitrogens with zero attached hydrogens (tertiary/aromatic N) is 2. The second kappa shape index (κ2) is 5.23. The van der Waals surface area contributed by atoms with Crippen molar-refractivity contribution in [3.8, 4) is 11.5 Å². The highest BCUT2D eigenvalue weighted by molar-refractivity contribution is 6.21. The van der Waals surface area contributed by atoms with Crippen LogP contribution in [0.2, 0.25) is 0 Å². The highest BCUT2D eigenvalue weighted by atomic mass is 16.5. The fourth-order valence-corrected chi connectivity index (χ4v) is 3.19. The zero-order valence-corrected chi connectivity index (χ0v) is 13.8. The molecular formula is C19H17N3O2. The monoisotopic (exact) mass is 319 g/mol. The van der Waals surface area contributed by atoms with Crippen LogP contribution in [0.3, 0.4) is 0 Å². The van der Waals surface area contributed by atoms with Crippen molar-refractivity contribution in [3.63, 3.8) is 0 Å². The van der Waals surface area contributed by atoms with Crippen LogP contribution in [0, 0.1) is 6.92 Å². The number of nitrogen functional groups attached to an aromatic ring is 1. The minimum absolute atomic E-state index is 0.482. The molecular weight excluding hydrogens is 302 g/mol. The van der Waals surface area contributed by atoms with Crippen LogP contribution >= 0.6 is 0 Å². The molecule has 0 aliphatic carbocycles. The molecule has 0 unspecified atom stereocenters. The minimum atomic E-state index is 0.482. The zero-order chi connectivity index (χ0) is 16.8. The molecule has 5 nitrogen and oxygen atoms in total. The number of methoxy groups -OCH3 is 2. The van der Waals surface area contributed by atoms with Gasteiger partial charge in [0, 0.05) is 33.8 Å². The van der Waals surface area contributed by atoms with E-state index in [0.717, 1.165) is 38.1 Å². The summed E-state index contributed by atoms with van der Waals surface area (Å²) in [7, 11) is 3.24. The Morgan fingerprint density at radius 1 is 0.958 bits per heavy atom. The van der Waals surface area contributed by atoms with Crippen LogP contribution in [0.5, 0.6) is 11.5 Å². The molecule has 24 heavy (non-hydrogen) atoms. The van der Waals surface area contributed by atoms with Crippen molar-refractivity contribution in [2.45, 2.75) is 6.92 Å². The van der Waals surface area contributed by atoms with Gasteiger partial charge in [-0.05, 0) is 18.6 Å². The van der Waals surface area contributed by atoms with Crippen LogP contribution in [0.15, 0.2) is 36.5 Å². The first-order valence-corrected chi connectivity index (χ1v) is 7.63. The first-order valence-electron chi connectivity index (χ1n) is 7.63. The molecule has 120 valence electrons. The third-order valence-electron chi connectivity index (χ3n) is 4.39. The van der Waals surface area contributed by atoms with E-state index >= 15 is 0 Å². The van der Waals surface area contributed by atoms with E-state index in [9.17, 15) is 0 Å². The molecule has 4 aromatic rings. The summed E-state index contributed by atoms with van der Waals surface area (Å²) in [6.45, 7) is 2.04. The summed E-state index contributed by atoms with van der Waals surface area (Å²) in [5, 5.41) is 3.90. The first kappa shape index (κ1) is 14.5. The van der Waals surface area contributed by atoms with Crippen LogP contribution in [-0.4, -0.2) is 24.2 Å². The van der Waals surface area contributed by atoms with Gasteiger partial charge in [-0.2, -0.15) is 0 Å². The lowest BCUT2D eigenvalue weighted by Gasteiger charge is -2.13. The maximum absolute atomic E-state index is 6.20. The second-order valence-electron chi connectivity index (χ2n) is 5.74. The molecule has 2 aromatic carbocycles. The highest BCUT2D eigenvalue weighted by Crippen LogP contribution is 2.38. The molecule has 2 N–H and O–H groups in total. The van der Waals surface area contributed by atoms with Gasteiger partial charge < -0.3 is 15.2 Å². The predicted molar refractivity (Wildman–Crippen MR) is 96.8 cm³/mol. The average molecular weight is 319 g/mol. The molecule has 0 saturated carbocycles. The molecule has 0 bridgehead atoms. The van der Waals surface area contributed by atoms with Gasteiger partial charge >= 0.3 is 0 Å². The predicted octanol–water partition coefficient (Wildman–Crippen LogP) is 3.84. The van der Waals surface area contributed by atoms with Gasteiger partial charge in [-0.15, -0.1) is 0 Å². The first-order chi connectivity index (χ1) is 11.6. The lowest BCUT2D eigenvalue weighted by atomic mass is 10.0. The van der Waals surface area contributed by atoms with Gasteiger partial charge in [0.2, 0.25) is 0 Å². The average Bonchev–Trinajstić information content (AvgIpc) is 2.61. The number of fused-ring (bicyclic) bond motifs is 5. The Kier molecular flexibility index (Phi) is 3.16. The minimum Gasteiger partial charge on any atom is -0.493 e. The number of pyridine rings is 2. The Hall–Kier alpha value is -3.08. The SMILES string of the molecule is COc1cc2ncc3c(N)nc4c(C)cccc4c3c2cc1OC. The van der Waals surface area contributed by atoms with Gasteiger partial charge in [-0.3, -0.25) is 4.98 Å². The topological polar surface area (TPSA) is 70.3 Å². The van der Waals surface area contributed by atoms with Crippen LogP contribution in [0.25, 0.3) is 32.6 Å². The molecule has 2 heterocycles. The molecule has 4 rings (SSSR count). The Bertz CT molecular complexity index is 1110. The highest BCUT2D eigenvalue weighted by Gasteiger charge is 2.14. The van der Waals surface area contributed by atoms with Crippen LogP contribution < -0.4 is 15.2 Å². The largest absolute Gasteiger partial charge is 0.493 e. The number of anilines is 1. The number of hydrogen-bond acceptors (Lipinski definition) is 5. The van der Waals surface area contributed by atoms with Crippen molar-refractivity contribution in [2.24, 2.45) is 0 Å². The van der Waals surface area contributed by atoms with E-state index in [1.807, 2.05) is 31.2 Å². The maximum atomic E-state index is 6.20. The van der Waals surface area contributed by atoms with E-state index in [4.69, 9.17) is 15.2 Å². The van der Waals surface area contributed by atoms with Crippen LogP contribution in [-0.2, 0) is 0 Å². The summed E-state index contributed by atoms with van der Waals surface area (Å²) < 4.78 is 10.8. The van der Waals surface area contributed by atoms with E-state index in [1.54, 1.807) is 20.4 Å². The van der Waals surface area contributed by atoms with E-state index in [-0.39, 0.29) is 0 Å². The van der Waals surface area contributed by atoms with Crippen LogP contribution in [0.4, 0.5) is 5.82 Å². The number of aryl methyl sites for hydroxylation is 1. The molecule has 0 fully saturated rings. The maximum Gasteiger partial charge on any atom is 0.162 e. The summed E-state index contributed by atoms with van der Waals surface area (Å²) in [6.07, 6.45) is 1.77. The number of para-hydroxylation sites is 1. The summed E-state index contributed by atoms with van der Waals surface area (Å²) in [6, 6.07) is 9.96. The van der Waals surface area contributed by atoms with Gasteiger partial charge in [0.05, 0.1) is 25.3 Å². The molecule has 2 aromatic heterocycles. The molecule has 0 atom stereocenters. The Morgan fingerprint density at radius 3 is 2.46 bits per heavy atom. The van der Waals surface area contributed by atoms with Crippen molar-refractivity contribution in [1.82, 2.24) is 9.97 Å². The molecule has 0 amide bonds. The van der Waals surface area contributed by atoms with Gasteiger partial charge in [-0.1, -0.05) is 18.2 Å².